The lowest BCUT2D eigenvalue weighted by atomic mass is 10.2. The van der Waals surface area contributed by atoms with Crippen LogP contribution in [-0.2, 0) is 4.74 Å². The van der Waals surface area contributed by atoms with Crippen molar-refractivity contribution in [2.45, 2.75) is 0 Å². The molecule has 8 heteroatoms. The quantitative estimate of drug-likeness (QED) is 0.347. The van der Waals surface area contributed by atoms with Crippen LogP contribution < -0.4 is 0 Å². The first-order chi connectivity index (χ1) is 6.97. The Morgan fingerprint density at radius 1 is 1.60 bits per heavy atom. The molecule has 6 nitrogen and oxygen atoms in total. The maximum atomic E-state index is 11.2. The van der Waals surface area contributed by atoms with Crippen molar-refractivity contribution in [1.82, 2.24) is 4.98 Å². The molecular weight excluding hydrogens is 247 g/mol. The molecule has 0 spiro atoms. The maximum absolute atomic E-state index is 11.2. The normalized spacial score (nSPS) is 9.80. The molecule has 0 saturated carbocycles. The average molecular weight is 251 g/mol. The summed E-state index contributed by atoms with van der Waals surface area (Å²) in [7, 11) is 1.08. The Labute approximate surface area is 93.9 Å². The van der Waals surface area contributed by atoms with Crippen LogP contribution in [0.2, 0.25) is 10.3 Å². The van der Waals surface area contributed by atoms with Crippen LogP contribution in [0.4, 0.5) is 5.69 Å². The summed E-state index contributed by atoms with van der Waals surface area (Å²) in [6.07, 6.45) is 0. The van der Waals surface area contributed by atoms with Crippen molar-refractivity contribution >= 4 is 34.9 Å². The van der Waals surface area contributed by atoms with Gasteiger partial charge in [-0.3, -0.25) is 10.1 Å². The molecule has 0 atom stereocenters. The Kier molecular flexibility index (Phi) is 3.43. The van der Waals surface area contributed by atoms with Gasteiger partial charge in [-0.15, -0.1) is 0 Å². The molecule has 1 aromatic rings. The first-order valence-corrected chi connectivity index (χ1v) is 4.31. The summed E-state index contributed by atoms with van der Waals surface area (Å²) in [5, 5.41) is 10.1. The van der Waals surface area contributed by atoms with Gasteiger partial charge in [0.25, 0.3) is 5.69 Å². The van der Waals surface area contributed by atoms with Crippen molar-refractivity contribution in [2.24, 2.45) is 0 Å². The zero-order chi connectivity index (χ0) is 11.6. The number of methoxy groups -OCH3 is 1. The number of aromatic nitrogens is 1. The maximum Gasteiger partial charge on any atom is 0.348 e. The minimum absolute atomic E-state index is 0.167. The molecule has 1 aromatic heterocycles. The van der Waals surface area contributed by atoms with Gasteiger partial charge in [-0.25, -0.2) is 9.78 Å². The number of hydrogen-bond acceptors (Lipinski definition) is 5. The summed E-state index contributed by atoms with van der Waals surface area (Å²) in [4.78, 5) is 24.5. The molecule has 0 fully saturated rings. The van der Waals surface area contributed by atoms with E-state index in [1.54, 1.807) is 0 Å². The minimum atomic E-state index is -0.934. The fourth-order valence-corrected chi connectivity index (χ4v) is 1.40. The number of nitrogens with zero attached hydrogens (tertiary/aromatic N) is 2. The predicted octanol–water partition coefficient (Wildman–Crippen LogP) is 2.08. The molecule has 0 aliphatic heterocycles. The van der Waals surface area contributed by atoms with Gasteiger partial charge < -0.3 is 4.74 Å². The molecule has 0 unspecified atom stereocenters. The molecule has 0 aliphatic rings. The van der Waals surface area contributed by atoms with E-state index in [0.717, 1.165) is 13.2 Å². The standard InChI is InChI=1S/C7H4Cl2N2O4/c1-15-7(12)5-3(11(13)14)2-4(8)10-6(5)9/h2H,1H3. The fourth-order valence-electron chi connectivity index (χ4n) is 0.907. The molecule has 1 rings (SSSR count). The highest BCUT2D eigenvalue weighted by molar-refractivity contribution is 6.35. The molecule has 0 radical (unpaired) electrons. The Bertz CT molecular complexity index is 435. The van der Waals surface area contributed by atoms with Gasteiger partial charge in [-0.05, 0) is 0 Å². The highest BCUT2D eigenvalue weighted by atomic mass is 35.5. The van der Waals surface area contributed by atoms with E-state index in [2.05, 4.69) is 9.72 Å². The third-order valence-electron chi connectivity index (χ3n) is 1.51. The largest absolute Gasteiger partial charge is 0.465 e. The first kappa shape index (κ1) is 11.7. The number of esters is 1. The van der Waals surface area contributed by atoms with Crippen LogP contribution in [-0.4, -0.2) is 23.0 Å². The molecule has 0 bridgehead atoms. The molecule has 15 heavy (non-hydrogen) atoms. The zero-order valence-corrected chi connectivity index (χ0v) is 8.87. The molecule has 0 saturated heterocycles. The number of carbonyl (C=O) groups is 1. The Morgan fingerprint density at radius 3 is 2.67 bits per heavy atom. The fraction of sp³-hybridized carbons (Fsp3) is 0.143. The molecule has 0 aliphatic carbocycles. The van der Waals surface area contributed by atoms with Crippen molar-refractivity contribution in [1.29, 1.82) is 0 Å². The van der Waals surface area contributed by atoms with E-state index in [-0.39, 0.29) is 10.3 Å². The third kappa shape index (κ3) is 2.34. The van der Waals surface area contributed by atoms with E-state index < -0.39 is 22.1 Å². The van der Waals surface area contributed by atoms with Crippen molar-refractivity contribution in [3.8, 4) is 0 Å². The molecular formula is C7H4Cl2N2O4. The second-order valence-electron chi connectivity index (χ2n) is 2.38. The number of carbonyl (C=O) groups excluding carboxylic acids is 1. The highest BCUT2D eigenvalue weighted by Gasteiger charge is 2.26. The van der Waals surface area contributed by atoms with Gasteiger partial charge in [-0.1, -0.05) is 23.2 Å². The average Bonchev–Trinajstić information content (AvgIpc) is 2.15. The number of pyridine rings is 1. The number of nitro groups is 1. The van der Waals surface area contributed by atoms with E-state index in [4.69, 9.17) is 23.2 Å². The van der Waals surface area contributed by atoms with Gasteiger partial charge in [-0.2, -0.15) is 0 Å². The van der Waals surface area contributed by atoms with Crippen LogP contribution in [0, 0.1) is 10.1 Å². The van der Waals surface area contributed by atoms with Crippen LogP contribution in [0.3, 0.4) is 0 Å². The van der Waals surface area contributed by atoms with E-state index in [1.165, 1.54) is 0 Å². The van der Waals surface area contributed by atoms with Crippen LogP contribution in [0.25, 0.3) is 0 Å². The van der Waals surface area contributed by atoms with Crippen molar-refractivity contribution in [3.05, 3.63) is 32.1 Å². The lowest BCUT2D eigenvalue weighted by molar-refractivity contribution is -0.385. The van der Waals surface area contributed by atoms with Crippen molar-refractivity contribution in [3.63, 3.8) is 0 Å². The second-order valence-corrected chi connectivity index (χ2v) is 3.12. The summed E-state index contributed by atoms with van der Waals surface area (Å²) in [5.41, 5.74) is -0.944. The third-order valence-corrected chi connectivity index (χ3v) is 1.98. The molecule has 80 valence electrons. The first-order valence-electron chi connectivity index (χ1n) is 3.56. The molecule has 1 heterocycles. The predicted molar refractivity (Wildman–Crippen MR) is 52.3 cm³/mol. The zero-order valence-electron chi connectivity index (χ0n) is 7.36. The van der Waals surface area contributed by atoms with Gasteiger partial charge in [0.1, 0.15) is 5.15 Å². The number of ether oxygens (including phenoxy) is 1. The monoisotopic (exact) mass is 250 g/mol. The number of rotatable bonds is 2. The van der Waals surface area contributed by atoms with Crippen molar-refractivity contribution in [2.75, 3.05) is 7.11 Å². The van der Waals surface area contributed by atoms with E-state index in [1.807, 2.05) is 0 Å². The lowest BCUT2D eigenvalue weighted by Crippen LogP contribution is -2.07. The van der Waals surface area contributed by atoms with Gasteiger partial charge >= 0.3 is 5.97 Å². The smallest absolute Gasteiger partial charge is 0.348 e. The summed E-state index contributed by atoms with van der Waals surface area (Å²) >= 11 is 11.0. The highest BCUT2D eigenvalue weighted by Crippen LogP contribution is 2.28. The summed E-state index contributed by atoms with van der Waals surface area (Å²) in [5.74, 6) is -0.934. The summed E-state index contributed by atoms with van der Waals surface area (Å²) in [6.45, 7) is 0. The Morgan fingerprint density at radius 2 is 2.20 bits per heavy atom. The van der Waals surface area contributed by atoms with Gasteiger partial charge in [0, 0.05) is 0 Å². The Hall–Kier alpha value is -1.40. The number of hydrogen-bond donors (Lipinski definition) is 0. The lowest BCUT2D eigenvalue weighted by Gasteiger charge is -2.02. The Balaban J connectivity index is 3.46. The van der Waals surface area contributed by atoms with Crippen molar-refractivity contribution < 1.29 is 14.5 Å². The van der Waals surface area contributed by atoms with E-state index >= 15 is 0 Å². The van der Waals surface area contributed by atoms with Gasteiger partial charge in [0.2, 0.25) is 0 Å². The molecule has 0 aromatic carbocycles. The van der Waals surface area contributed by atoms with Crippen LogP contribution in [0.5, 0.6) is 0 Å². The molecule has 0 N–H and O–H groups in total. The van der Waals surface area contributed by atoms with Crippen LogP contribution in [0.15, 0.2) is 6.07 Å². The summed E-state index contributed by atoms with van der Waals surface area (Å²) < 4.78 is 4.34. The minimum Gasteiger partial charge on any atom is -0.465 e. The molecule has 0 amide bonds. The van der Waals surface area contributed by atoms with E-state index in [0.29, 0.717) is 0 Å². The number of halogens is 2. The topological polar surface area (TPSA) is 82.3 Å². The van der Waals surface area contributed by atoms with Crippen LogP contribution >= 0.6 is 23.2 Å². The SMILES string of the molecule is COC(=O)c1c([N+](=O)[O-])cc(Cl)nc1Cl. The second kappa shape index (κ2) is 4.41. The van der Waals surface area contributed by atoms with E-state index in [9.17, 15) is 14.9 Å². The summed E-state index contributed by atoms with van der Waals surface area (Å²) in [6, 6.07) is 0.930. The van der Waals surface area contributed by atoms with Crippen LogP contribution in [0.1, 0.15) is 10.4 Å². The van der Waals surface area contributed by atoms with Gasteiger partial charge in [0.05, 0.1) is 18.1 Å². The van der Waals surface area contributed by atoms with Gasteiger partial charge in [0.15, 0.2) is 10.7 Å².